The Kier molecular flexibility index (Phi) is 3.71. The monoisotopic (exact) mass is 256 g/mol. The van der Waals surface area contributed by atoms with Crippen molar-refractivity contribution in [2.45, 2.75) is 13.5 Å². The number of nitrogens with two attached hydrogens (primary N) is 1. The summed E-state index contributed by atoms with van der Waals surface area (Å²) in [5.74, 6) is 0.0232. The molecule has 0 saturated heterocycles. The van der Waals surface area contributed by atoms with E-state index < -0.39 is 0 Å². The van der Waals surface area contributed by atoms with E-state index in [1.165, 1.54) is 6.07 Å². The minimum atomic E-state index is -0.167. The molecule has 0 bridgehead atoms. The molecule has 0 aliphatic heterocycles. The highest BCUT2D eigenvalue weighted by atomic mass is 16.3. The maximum atomic E-state index is 11.9. The summed E-state index contributed by atoms with van der Waals surface area (Å²) in [6.45, 7) is 2.20. The van der Waals surface area contributed by atoms with E-state index in [9.17, 15) is 9.90 Å². The third-order valence-electron chi connectivity index (χ3n) is 2.89. The van der Waals surface area contributed by atoms with Gasteiger partial charge in [-0.1, -0.05) is 12.1 Å². The summed E-state index contributed by atoms with van der Waals surface area (Å²) in [4.78, 5) is 11.9. The molecule has 0 aliphatic rings. The van der Waals surface area contributed by atoms with Gasteiger partial charge in [0.1, 0.15) is 5.75 Å². The van der Waals surface area contributed by atoms with Crippen LogP contribution in [0.3, 0.4) is 0 Å². The summed E-state index contributed by atoms with van der Waals surface area (Å²) >= 11 is 0. The molecule has 4 N–H and O–H groups in total. The zero-order valence-electron chi connectivity index (χ0n) is 10.7. The number of phenols is 1. The Morgan fingerprint density at radius 3 is 2.53 bits per heavy atom. The lowest BCUT2D eigenvalue weighted by atomic mass is 10.1. The predicted octanol–water partition coefficient (Wildman–Crippen LogP) is 2.21. The van der Waals surface area contributed by atoms with Crippen molar-refractivity contribution < 1.29 is 9.90 Å². The molecule has 0 heterocycles. The van der Waals surface area contributed by atoms with Gasteiger partial charge in [-0.15, -0.1) is 0 Å². The molecule has 0 unspecified atom stereocenters. The summed E-state index contributed by atoms with van der Waals surface area (Å²) in [6, 6.07) is 12.1. The number of rotatable bonds is 3. The Hall–Kier alpha value is -2.49. The number of nitrogen functional groups attached to an aromatic ring is 1. The van der Waals surface area contributed by atoms with Crippen LogP contribution in [-0.4, -0.2) is 11.0 Å². The van der Waals surface area contributed by atoms with E-state index in [0.717, 1.165) is 5.56 Å². The molecule has 0 atom stereocenters. The first-order valence-corrected chi connectivity index (χ1v) is 5.98. The van der Waals surface area contributed by atoms with Gasteiger partial charge in [0.2, 0.25) is 0 Å². The van der Waals surface area contributed by atoms with Crippen LogP contribution in [0.5, 0.6) is 5.75 Å². The van der Waals surface area contributed by atoms with Crippen LogP contribution in [0.2, 0.25) is 0 Å². The van der Waals surface area contributed by atoms with Gasteiger partial charge in [-0.05, 0) is 48.4 Å². The molecule has 1 amide bonds. The second-order valence-electron chi connectivity index (χ2n) is 4.43. The first kappa shape index (κ1) is 13.0. The fraction of sp³-hybridized carbons (Fsp3) is 0.133. The summed E-state index contributed by atoms with van der Waals surface area (Å²) in [7, 11) is 0. The van der Waals surface area contributed by atoms with Crippen molar-refractivity contribution in [1.29, 1.82) is 0 Å². The van der Waals surface area contributed by atoms with Crippen molar-refractivity contribution in [3.63, 3.8) is 0 Å². The zero-order valence-corrected chi connectivity index (χ0v) is 10.7. The van der Waals surface area contributed by atoms with Crippen molar-refractivity contribution in [3.05, 3.63) is 59.2 Å². The first-order chi connectivity index (χ1) is 9.06. The Bertz CT molecular complexity index is 592. The molecule has 0 saturated carbocycles. The van der Waals surface area contributed by atoms with E-state index in [2.05, 4.69) is 5.32 Å². The van der Waals surface area contributed by atoms with E-state index in [4.69, 9.17) is 5.73 Å². The molecule has 0 fully saturated rings. The van der Waals surface area contributed by atoms with Crippen molar-refractivity contribution in [3.8, 4) is 5.75 Å². The molecular formula is C15H16N2O2. The van der Waals surface area contributed by atoms with Gasteiger partial charge in [-0.2, -0.15) is 0 Å². The van der Waals surface area contributed by atoms with Gasteiger partial charge >= 0.3 is 0 Å². The van der Waals surface area contributed by atoms with Gasteiger partial charge in [0, 0.05) is 17.8 Å². The van der Waals surface area contributed by atoms with Crippen LogP contribution in [0.1, 0.15) is 21.5 Å². The number of aromatic hydroxyl groups is 1. The fourth-order valence-corrected chi connectivity index (χ4v) is 1.72. The number of carbonyl (C=O) groups excluding carboxylic acids is 1. The number of benzene rings is 2. The second kappa shape index (κ2) is 5.44. The van der Waals surface area contributed by atoms with E-state index in [0.29, 0.717) is 23.4 Å². The average Bonchev–Trinajstić information content (AvgIpc) is 2.41. The fourth-order valence-electron chi connectivity index (χ4n) is 1.72. The molecule has 2 rings (SSSR count). The quantitative estimate of drug-likeness (QED) is 0.737. The summed E-state index contributed by atoms with van der Waals surface area (Å²) in [5, 5.41) is 12.2. The smallest absolute Gasteiger partial charge is 0.251 e. The number of aryl methyl sites for hydroxylation is 1. The van der Waals surface area contributed by atoms with E-state index in [-0.39, 0.29) is 11.7 Å². The number of hydrogen-bond donors (Lipinski definition) is 3. The first-order valence-electron chi connectivity index (χ1n) is 5.98. The topological polar surface area (TPSA) is 75.4 Å². The zero-order chi connectivity index (χ0) is 13.8. The molecule has 0 spiro atoms. The molecule has 0 radical (unpaired) electrons. The Morgan fingerprint density at radius 2 is 1.89 bits per heavy atom. The maximum absolute atomic E-state index is 11.9. The number of phenolic OH excluding ortho intramolecular Hbond substituents is 1. The molecule has 98 valence electrons. The van der Waals surface area contributed by atoms with Crippen LogP contribution in [0.25, 0.3) is 0 Å². The molecule has 0 aliphatic carbocycles. The highest BCUT2D eigenvalue weighted by Gasteiger charge is 2.07. The van der Waals surface area contributed by atoms with Gasteiger partial charge in [0.05, 0.1) is 0 Å². The van der Waals surface area contributed by atoms with Crippen molar-refractivity contribution >= 4 is 11.6 Å². The standard InChI is InChI=1S/C15H16N2O2/c1-10-8-12(4-7-14(10)18)15(19)17-9-11-2-5-13(16)6-3-11/h2-8,18H,9,16H2,1H3,(H,17,19). The number of anilines is 1. The number of carbonyl (C=O) groups is 1. The largest absolute Gasteiger partial charge is 0.508 e. The lowest BCUT2D eigenvalue weighted by Gasteiger charge is -2.07. The van der Waals surface area contributed by atoms with Crippen LogP contribution in [-0.2, 0) is 6.54 Å². The molecule has 4 heteroatoms. The second-order valence-corrected chi connectivity index (χ2v) is 4.43. The van der Waals surface area contributed by atoms with Crippen LogP contribution in [0.15, 0.2) is 42.5 Å². The Balaban J connectivity index is 2.01. The molecule has 2 aromatic carbocycles. The van der Waals surface area contributed by atoms with E-state index in [1.807, 2.05) is 12.1 Å². The molecule has 0 aromatic heterocycles. The van der Waals surface area contributed by atoms with Crippen molar-refractivity contribution in [2.75, 3.05) is 5.73 Å². The predicted molar refractivity (Wildman–Crippen MR) is 74.9 cm³/mol. The van der Waals surface area contributed by atoms with Crippen molar-refractivity contribution in [1.82, 2.24) is 5.32 Å². The number of nitrogens with one attached hydrogen (secondary N) is 1. The maximum Gasteiger partial charge on any atom is 0.251 e. The minimum Gasteiger partial charge on any atom is -0.508 e. The summed E-state index contributed by atoms with van der Waals surface area (Å²) in [6.07, 6.45) is 0. The Labute approximate surface area is 111 Å². The lowest BCUT2D eigenvalue weighted by molar-refractivity contribution is 0.0951. The van der Waals surface area contributed by atoms with Gasteiger partial charge in [-0.3, -0.25) is 4.79 Å². The van der Waals surface area contributed by atoms with Gasteiger partial charge in [0.25, 0.3) is 5.91 Å². The van der Waals surface area contributed by atoms with Crippen LogP contribution in [0.4, 0.5) is 5.69 Å². The normalized spacial score (nSPS) is 10.2. The third kappa shape index (κ3) is 3.25. The third-order valence-corrected chi connectivity index (χ3v) is 2.89. The number of hydrogen-bond acceptors (Lipinski definition) is 3. The lowest BCUT2D eigenvalue weighted by Crippen LogP contribution is -2.22. The van der Waals surface area contributed by atoms with Crippen molar-refractivity contribution in [2.24, 2.45) is 0 Å². The minimum absolute atomic E-state index is 0.167. The van der Waals surface area contributed by atoms with Crippen LogP contribution in [0, 0.1) is 6.92 Å². The highest BCUT2D eigenvalue weighted by Crippen LogP contribution is 2.16. The van der Waals surface area contributed by atoms with E-state index >= 15 is 0 Å². The molecule has 2 aromatic rings. The van der Waals surface area contributed by atoms with Gasteiger partial charge in [0.15, 0.2) is 0 Å². The van der Waals surface area contributed by atoms with Gasteiger partial charge in [-0.25, -0.2) is 0 Å². The van der Waals surface area contributed by atoms with Gasteiger partial charge < -0.3 is 16.2 Å². The SMILES string of the molecule is Cc1cc(C(=O)NCc2ccc(N)cc2)ccc1O. The molecule has 19 heavy (non-hydrogen) atoms. The number of amides is 1. The van der Waals surface area contributed by atoms with Crippen LogP contribution < -0.4 is 11.1 Å². The Morgan fingerprint density at radius 1 is 1.21 bits per heavy atom. The van der Waals surface area contributed by atoms with Crippen LogP contribution >= 0.6 is 0 Å². The highest BCUT2D eigenvalue weighted by molar-refractivity contribution is 5.94. The van der Waals surface area contributed by atoms with E-state index in [1.54, 1.807) is 31.2 Å². The molecular weight excluding hydrogens is 240 g/mol. The molecule has 4 nitrogen and oxygen atoms in total. The summed E-state index contributed by atoms with van der Waals surface area (Å²) < 4.78 is 0. The summed E-state index contributed by atoms with van der Waals surface area (Å²) in [5.41, 5.74) is 8.49. The average molecular weight is 256 g/mol.